The maximum absolute atomic E-state index is 5.01. The van der Waals surface area contributed by atoms with Gasteiger partial charge in [-0.05, 0) is 86.3 Å². The topological polar surface area (TPSA) is 16.1 Å². The Labute approximate surface area is 127 Å². The van der Waals surface area contributed by atoms with Crippen LogP contribution in [0, 0.1) is 43.9 Å². The first-order chi connectivity index (χ1) is 10.1. The molecule has 3 saturated heterocycles. The van der Waals surface area contributed by atoms with Gasteiger partial charge in [0.05, 0.1) is 0 Å². The number of rotatable bonds is 0. The van der Waals surface area contributed by atoms with Crippen molar-refractivity contribution < 1.29 is 0 Å². The van der Waals surface area contributed by atoms with Crippen LogP contribution in [0.5, 0.6) is 0 Å². The number of hydrogen-bond acceptors (Lipinski definition) is 2. The van der Waals surface area contributed by atoms with Crippen molar-refractivity contribution in [2.45, 2.75) is 46.5 Å². The largest absolute Gasteiger partial charge is 0.302 e. The Morgan fingerprint density at radius 1 is 0.952 bits per heavy atom. The molecule has 2 nitrogen and oxygen atoms in total. The molecule has 0 N–H and O–H groups in total. The van der Waals surface area contributed by atoms with E-state index < -0.39 is 0 Å². The quantitative estimate of drug-likeness (QED) is 0.727. The van der Waals surface area contributed by atoms with Crippen molar-refractivity contribution in [1.29, 1.82) is 0 Å². The molecule has 6 rings (SSSR count). The summed E-state index contributed by atoms with van der Waals surface area (Å²) in [6.07, 6.45) is 5.61. The highest BCUT2D eigenvalue weighted by atomic mass is 15.2. The summed E-state index contributed by atoms with van der Waals surface area (Å²) in [5.41, 5.74) is 7.89. The predicted molar refractivity (Wildman–Crippen MR) is 84.4 cm³/mol. The summed E-state index contributed by atoms with van der Waals surface area (Å²) in [6.45, 7) is 10.9. The van der Waals surface area contributed by atoms with Crippen molar-refractivity contribution in [3.8, 4) is 0 Å². The smallest absolute Gasteiger partial charge is 0.0447 e. The van der Waals surface area contributed by atoms with Crippen LogP contribution in [0.1, 0.15) is 40.9 Å². The van der Waals surface area contributed by atoms with Gasteiger partial charge >= 0.3 is 0 Å². The molecule has 5 aliphatic rings. The third-order valence-corrected chi connectivity index (χ3v) is 7.55. The molecule has 2 atom stereocenters. The van der Waals surface area contributed by atoms with Crippen molar-refractivity contribution in [3.63, 3.8) is 0 Å². The Morgan fingerprint density at radius 2 is 1.67 bits per heavy atom. The normalized spacial score (nSPS) is 42.8. The van der Waals surface area contributed by atoms with Crippen LogP contribution in [0.15, 0.2) is 0 Å². The van der Waals surface area contributed by atoms with Gasteiger partial charge < -0.3 is 4.90 Å². The van der Waals surface area contributed by atoms with Gasteiger partial charge in [-0.2, -0.15) is 0 Å². The summed E-state index contributed by atoms with van der Waals surface area (Å²) < 4.78 is 0. The lowest BCUT2D eigenvalue weighted by Gasteiger charge is -2.61. The van der Waals surface area contributed by atoms with Crippen molar-refractivity contribution >= 4 is 0 Å². The van der Waals surface area contributed by atoms with E-state index in [0.717, 1.165) is 17.8 Å². The Hall–Kier alpha value is -0.890. The minimum Gasteiger partial charge on any atom is -0.302 e. The molecule has 2 heteroatoms. The molecular formula is C19H26N2. The Morgan fingerprint density at radius 3 is 2.33 bits per heavy atom. The average Bonchev–Trinajstić information content (AvgIpc) is 2.82. The van der Waals surface area contributed by atoms with E-state index in [0.29, 0.717) is 5.41 Å². The van der Waals surface area contributed by atoms with Crippen LogP contribution in [0.25, 0.3) is 0 Å². The predicted octanol–water partition coefficient (Wildman–Crippen LogP) is 3.06. The summed E-state index contributed by atoms with van der Waals surface area (Å²) in [4.78, 5) is 7.77. The van der Waals surface area contributed by atoms with E-state index in [4.69, 9.17) is 4.98 Å². The molecule has 4 bridgehead atoms. The van der Waals surface area contributed by atoms with Crippen LogP contribution in [0.3, 0.4) is 0 Å². The molecule has 1 aromatic rings. The van der Waals surface area contributed by atoms with E-state index in [-0.39, 0.29) is 0 Å². The van der Waals surface area contributed by atoms with Crippen molar-refractivity contribution in [2.75, 3.05) is 19.6 Å². The number of fused-ring (bicyclic) bond motifs is 1. The lowest BCUT2D eigenvalue weighted by Crippen LogP contribution is -2.63. The Bertz CT molecular complexity index is 603. The van der Waals surface area contributed by atoms with Crippen LogP contribution in [-0.4, -0.2) is 29.5 Å². The van der Waals surface area contributed by atoms with E-state index in [2.05, 4.69) is 25.7 Å². The zero-order chi connectivity index (χ0) is 14.4. The second kappa shape index (κ2) is 3.90. The highest BCUT2D eigenvalue weighted by Gasteiger charge is 2.58. The number of pyridine rings is 1. The highest BCUT2D eigenvalue weighted by Crippen LogP contribution is 2.60. The van der Waals surface area contributed by atoms with E-state index in [1.807, 2.05) is 0 Å². The van der Waals surface area contributed by atoms with Gasteiger partial charge in [0.2, 0.25) is 0 Å². The first-order valence-electron chi connectivity index (χ1n) is 8.75. The molecule has 1 spiro atoms. The van der Waals surface area contributed by atoms with Crippen molar-refractivity contribution in [2.24, 2.45) is 23.2 Å². The Balaban J connectivity index is 1.60. The van der Waals surface area contributed by atoms with E-state index >= 15 is 0 Å². The molecule has 0 amide bonds. The summed E-state index contributed by atoms with van der Waals surface area (Å²) in [6, 6.07) is 0. The fourth-order valence-electron chi connectivity index (χ4n) is 6.31. The first-order valence-corrected chi connectivity index (χ1v) is 8.75. The lowest BCUT2D eigenvalue weighted by molar-refractivity contribution is -0.122. The zero-order valence-electron chi connectivity index (χ0n) is 13.6. The van der Waals surface area contributed by atoms with Crippen LogP contribution in [0.4, 0.5) is 0 Å². The standard InChI is InChI=1S/C19H26N2/c1-11-12(2)17-6-19(7-18(17)20-13(11)3)15-4-14-5-16(19)10-21(8-14)9-15/h14-16H,4-10H2,1-3H3. The number of hydrogen-bond donors (Lipinski definition) is 0. The van der Waals surface area contributed by atoms with Crippen LogP contribution >= 0.6 is 0 Å². The number of aryl methyl sites for hydroxylation is 1. The second-order valence-electron chi connectivity index (χ2n) is 8.41. The van der Waals surface area contributed by atoms with Gasteiger partial charge in [0, 0.05) is 31.0 Å². The third kappa shape index (κ3) is 1.50. The monoisotopic (exact) mass is 282 g/mol. The molecule has 0 aromatic carbocycles. The number of piperidine rings is 3. The van der Waals surface area contributed by atoms with Crippen LogP contribution < -0.4 is 0 Å². The highest BCUT2D eigenvalue weighted by molar-refractivity contribution is 5.43. The van der Waals surface area contributed by atoms with Gasteiger partial charge in [-0.1, -0.05) is 0 Å². The minimum absolute atomic E-state index is 0.577. The molecule has 4 heterocycles. The molecule has 1 saturated carbocycles. The lowest BCUT2D eigenvalue weighted by atomic mass is 9.52. The van der Waals surface area contributed by atoms with E-state index in [1.165, 1.54) is 62.3 Å². The van der Waals surface area contributed by atoms with Crippen LogP contribution in [0.2, 0.25) is 0 Å². The van der Waals surface area contributed by atoms with Gasteiger partial charge in [0.15, 0.2) is 0 Å². The minimum atomic E-state index is 0.577. The molecular weight excluding hydrogens is 256 g/mol. The molecule has 21 heavy (non-hydrogen) atoms. The summed E-state index contributed by atoms with van der Waals surface area (Å²) >= 11 is 0. The second-order valence-corrected chi connectivity index (χ2v) is 8.41. The zero-order valence-corrected chi connectivity index (χ0v) is 13.6. The maximum Gasteiger partial charge on any atom is 0.0447 e. The fraction of sp³-hybridized carbons (Fsp3) is 0.737. The maximum atomic E-state index is 5.01. The summed E-state index contributed by atoms with van der Waals surface area (Å²) in [5, 5.41) is 0. The summed E-state index contributed by atoms with van der Waals surface area (Å²) in [7, 11) is 0. The molecule has 112 valence electrons. The van der Waals surface area contributed by atoms with E-state index in [9.17, 15) is 0 Å². The Kier molecular flexibility index (Phi) is 2.34. The van der Waals surface area contributed by atoms with Gasteiger partial charge in [0.1, 0.15) is 0 Å². The van der Waals surface area contributed by atoms with Gasteiger partial charge in [-0.15, -0.1) is 0 Å². The number of aromatic nitrogens is 1. The van der Waals surface area contributed by atoms with Gasteiger partial charge in [-0.3, -0.25) is 4.98 Å². The van der Waals surface area contributed by atoms with Crippen molar-refractivity contribution in [3.05, 3.63) is 28.1 Å². The van der Waals surface area contributed by atoms with Gasteiger partial charge in [-0.25, -0.2) is 0 Å². The van der Waals surface area contributed by atoms with Gasteiger partial charge in [0.25, 0.3) is 0 Å². The van der Waals surface area contributed by atoms with E-state index in [1.54, 1.807) is 11.1 Å². The molecule has 3 aliphatic heterocycles. The molecule has 2 aliphatic carbocycles. The average molecular weight is 282 g/mol. The number of nitrogens with zero attached hydrogens (tertiary/aromatic N) is 2. The SMILES string of the molecule is Cc1nc2c(c(C)c1C)CC1(C2)C2CC3CC1CN(C3)C2. The van der Waals surface area contributed by atoms with Crippen molar-refractivity contribution in [1.82, 2.24) is 9.88 Å². The fourth-order valence-corrected chi connectivity index (χ4v) is 6.31. The first kappa shape index (κ1) is 12.6. The molecule has 0 radical (unpaired) electrons. The molecule has 1 aromatic heterocycles. The summed E-state index contributed by atoms with van der Waals surface area (Å²) in [5.74, 6) is 2.89. The van der Waals surface area contributed by atoms with Crippen LogP contribution in [-0.2, 0) is 12.8 Å². The third-order valence-electron chi connectivity index (χ3n) is 7.55. The molecule has 2 unspecified atom stereocenters. The molecule has 4 fully saturated rings.